The first kappa shape index (κ1) is 31.6. The van der Waals surface area contributed by atoms with Gasteiger partial charge in [-0.05, 0) is 12.3 Å². The van der Waals surface area contributed by atoms with Crippen molar-refractivity contribution in [2.24, 2.45) is 5.73 Å². The maximum atomic E-state index is 8.60. The smallest absolute Gasteiger partial charge is 0.231 e. The molecular formula is C6H11Cl2N3O10. The summed E-state index contributed by atoms with van der Waals surface area (Å²) in [5, 5.41) is 10.8. The van der Waals surface area contributed by atoms with Crippen molar-refractivity contribution in [3.8, 4) is 0 Å². The van der Waals surface area contributed by atoms with Crippen LogP contribution in [0.4, 0.5) is 0 Å². The van der Waals surface area contributed by atoms with Crippen molar-refractivity contribution < 1.29 is 67.3 Å². The number of isocyanates is 2. The third kappa shape index (κ3) is 54000. The fourth-order valence-corrected chi connectivity index (χ4v) is 0.0786. The molecule has 0 rings (SSSR count). The molecule has 0 unspecified atom stereocenters. The number of nitrogens with one attached hydrogen (secondary N) is 2. The molecule has 0 aromatic rings. The lowest BCUT2D eigenvalue weighted by Crippen LogP contribution is -2.58. The maximum absolute atomic E-state index is 8.60. The van der Waals surface area contributed by atoms with Gasteiger partial charge in [-0.15, -0.1) is 0 Å². The Bertz CT molecular complexity index is 276. The van der Waals surface area contributed by atoms with Gasteiger partial charge in [-0.1, -0.05) is 12.7 Å². The highest BCUT2D eigenvalue weighted by Gasteiger charge is 1.99. The second-order valence-electron chi connectivity index (χ2n) is 1.62. The SMILES string of the molecule is C=CC=CN.N=C=O.N=C=O.[O-][Cl+3]([O-])([O-])O.[O-][Cl+3]([O-])([O-])O. The molecule has 0 spiro atoms. The summed E-state index contributed by atoms with van der Waals surface area (Å²) >= 11 is 0. The first-order chi connectivity index (χ1) is 9.24. The van der Waals surface area contributed by atoms with Crippen LogP contribution in [0.5, 0.6) is 0 Å². The number of rotatable bonds is 1. The van der Waals surface area contributed by atoms with Gasteiger partial charge in [0.05, 0.1) is 29.8 Å². The molecule has 13 nitrogen and oxygen atoms in total. The van der Waals surface area contributed by atoms with Crippen LogP contribution in [0.25, 0.3) is 0 Å². The molecule has 21 heavy (non-hydrogen) atoms. The summed E-state index contributed by atoms with van der Waals surface area (Å²) in [5.41, 5.74) is 4.89. The minimum absolute atomic E-state index is 0.750. The Morgan fingerprint density at radius 2 is 1.10 bits per heavy atom. The van der Waals surface area contributed by atoms with E-state index >= 15 is 0 Å². The molecule has 0 amide bonds. The van der Waals surface area contributed by atoms with Gasteiger partial charge in [-0.2, -0.15) is 28.0 Å². The zero-order chi connectivity index (χ0) is 18.5. The van der Waals surface area contributed by atoms with E-state index in [0.717, 1.165) is 12.2 Å². The van der Waals surface area contributed by atoms with Crippen LogP contribution in [0.2, 0.25) is 0 Å². The van der Waals surface area contributed by atoms with Crippen LogP contribution in [0.15, 0.2) is 24.9 Å². The van der Waals surface area contributed by atoms with Crippen molar-refractivity contribution >= 4 is 12.2 Å². The van der Waals surface area contributed by atoms with E-state index < -0.39 is 20.5 Å². The monoisotopic (exact) mass is 355 g/mol. The number of halogens is 2. The van der Waals surface area contributed by atoms with E-state index in [-0.39, 0.29) is 0 Å². The van der Waals surface area contributed by atoms with Crippen molar-refractivity contribution in [1.82, 2.24) is 0 Å². The summed E-state index contributed by atoms with van der Waals surface area (Å²) in [5.74, 6) is 0. The van der Waals surface area contributed by atoms with Crippen molar-refractivity contribution in [3.63, 3.8) is 0 Å². The summed E-state index contributed by atoms with van der Waals surface area (Å²) in [4.78, 5) is 16.7. The highest BCUT2D eigenvalue weighted by Crippen LogP contribution is 1.61. The fourth-order valence-electron chi connectivity index (χ4n) is 0.0786. The van der Waals surface area contributed by atoms with Crippen molar-refractivity contribution in [2.45, 2.75) is 0 Å². The third-order valence-corrected chi connectivity index (χ3v) is 0.247. The van der Waals surface area contributed by atoms with Gasteiger partial charge in [0.2, 0.25) is 12.2 Å². The molecule has 6 N–H and O–H groups in total. The van der Waals surface area contributed by atoms with Crippen LogP contribution in [0.3, 0.4) is 0 Å². The Morgan fingerprint density at radius 1 is 0.952 bits per heavy atom. The average Bonchev–Trinajstić information content (AvgIpc) is 2.15. The van der Waals surface area contributed by atoms with E-state index in [4.69, 9.17) is 63.4 Å². The van der Waals surface area contributed by atoms with Gasteiger partial charge in [-0.3, -0.25) is 0 Å². The minimum Gasteiger partial charge on any atom is -0.405 e. The number of nitrogens with two attached hydrogens (primary N) is 1. The normalized spacial score (nSPS) is 8.57. The average molecular weight is 356 g/mol. The quantitative estimate of drug-likeness (QED) is 0.167. The molecule has 0 aromatic carbocycles. The second kappa shape index (κ2) is 23.4. The van der Waals surface area contributed by atoms with Crippen LogP contribution in [-0.4, -0.2) is 21.5 Å². The number of carbonyl (C=O) groups excluding carboxylic acids is 2. The molecule has 0 fully saturated rings. The van der Waals surface area contributed by atoms with E-state index in [2.05, 4.69) is 6.58 Å². The zero-order valence-electron chi connectivity index (χ0n) is 9.93. The van der Waals surface area contributed by atoms with Crippen LogP contribution in [-0.2, 0) is 9.59 Å². The lowest BCUT2D eigenvalue weighted by atomic mass is 10.6. The molecule has 0 aliphatic rings. The van der Waals surface area contributed by atoms with E-state index in [1.165, 1.54) is 6.20 Å². The molecule has 0 atom stereocenters. The molecule has 0 aliphatic heterocycles. The fraction of sp³-hybridized carbons (Fsp3) is 0. The molecule has 0 heterocycles. The Hall–Kier alpha value is -1.70. The molecule has 0 saturated carbocycles. The van der Waals surface area contributed by atoms with Gasteiger partial charge in [0.15, 0.2) is 0 Å². The Kier molecular flexibility index (Phi) is 35.2. The van der Waals surface area contributed by atoms with Gasteiger partial charge < -0.3 is 5.73 Å². The molecule has 15 heteroatoms. The van der Waals surface area contributed by atoms with Crippen LogP contribution in [0.1, 0.15) is 0 Å². The zero-order valence-corrected chi connectivity index (χ0v) is 11.4. The number of allylic oxidation sites excluding steroid dienone is 2. The van der Waals surface area contributed by atoms with Gasteiger partial charge in [0.1, 0.15) is 0 Å². The number of hydrogen-bond donors (Lipinski definition) is 5. The first-order valence-corrected chi connectivity index (χ1v) is 6.11. The van der Waals surface area contributed by atoms with Crippen LogP contribution < -0.4 is 33.7 Å². The largest absolute Gasteiger partial charge is 0.405 e. The molecule has 0 aliphatic carbocycles. The highest BCUT2D eigenvalue weighted by molar-refractivity contribution is 5.26. The maximum Gasteiger partial charge on any atom is 0.231 e. The molecule has 0 aromatic heterocycles. The van der Waals surface area contributed by atoms with Crippen molar-refractivity contribution in [2.75, 3.05) is 0 Å². The third-order valence-electron chi connectivity index (χ3n) is 0.247. The van der Waals surface area contributed by atoms with E-state index in [1.807, 2.05) is 0 Å². The van der Waals surface area contributed by atoms with E-state index in [9.17, 15) is 0 Å². The molecule has 0 saturated heterocycles. The summed E-state index contributed by atoms with van der Waals surface area (Å²) < 4.78 is 65.4. The highest BCUT2D eigenvalue weighted by atomic mass is 35.7. The molecular weight excluding hydrogens is 345 g/mol. The van der Waals surface area contributed by atoms with Gasteiger partial charge in [-0.25, -0.2) is 20.4 Å². The van der Waals surface area contributed by atoms with E-state index in [0.29, 0.717) is 0 Å². The van der Waals surface area contributed by atoms with Crippen molar-refractivity contribution in [1.29, 1.82) is 10.8 Å². The predicted molar refractivity (Wildman–Crippen MR) is 44.8 cm³/mol. The topological polar surface area (TPSA) is 287 Å². The summed E-state index contributed by atoms with van der Waals surface area (Å²) in [6.45, 7) is 3.38. The lowest BCUT2D eigenvalue weighted by molar-refractivity contribution is -1.92. The van der Waals surface area contributed by atoms with Gasteiger partial charge >= 0.3 is 0 Å². The van der Waals surface area contributed by atoms with Crippen LogP contribution >= 0.6 is 0 Å². The molecule has 0 radical (unpaired) electrons. The summed E-state index contributed by atoms with van der Waals surface area (Å²) in [6.07, 6.45) is 6.23. The lowest BCUT2D eigenvalue weighted by Gasteiger charge is -2.03. The molecule has 124 valence electrons. The summed E-state index contributed by atoms with van der Waals surface area (Å²) in [7, 11) is -9.39. The second-order valence-corrected chi connectivity index (χ2v) is 3.20. The Labute approximate surface area is 122 Å². The first-order valence-electron chi connectivity index (χ1n) is 3.58. The van der Waals surface area contributed by atoms with Crippen molar-refractivity contribution in [3.05, 3.63) is 24.9 Å². The van der Waals surface area contributed by atoms with E-state index in [1.54, 1.807) is 12.2 Å². The van der Waals surface area contributed by atoms with Crippen LogP contribution in [0, 0.1) is 31.3 Å². The molecule has 0 bridgehead atoms. The standard InChI is InChI=1S/C4H7N.2CHNO.2ClHO4/c1-2-3-4-5;2*2-1-3;2*2-1(3,4)5/h2-4H,1,5H2;2*2H;2*(H,2,3,4,5). The van der Waals surface area contributed by atoms with Gasteiger partial charge in [0.25, 0.3) is 0 Å². The van der Waals surface area contributed by atoms with Gasteiger partial charge in [0, 0.05) is 0 Å². The minimum atomic E-state index is -4.69. The Balaban J connectivity index is -0.0000000519. The number of hydrogen-bond acceptors (Lipinski definition) is 13. The Morgan fingerprint density at radius 3 is 1.10 bits per heavy atom. The summed E-state index contributed by atoms with van der Waals surface area (Å²) in [6, 6.07) is 0. The predicted octanol–water partition coefficient (Wildman–Crippen LogP) is -7.80.